The molecule has 19 heavy (non-hydrogen) atoms. The van der Waals surface area contributed by atoms with Crippen molar-refractivity contribution in [2.24, 2.45) is 0 Å². The second kappa shape index (κ2) is 6.47. The lowest BCUT2D eigenvalue weighted by Crippen LogP contribution is -2.41. The fourth-order valence-corrected chi connectivity index (χ4v) is 2.12. The Morgan fingerprint density at radius 1 is 1.53 bits per heavy atom. The standard InChI is InChI=1S/C13H20FN3O2/c1-5-17(9(2)8-16(3)4)12-11(13(18)19)6-10(14)7-15-12/h6-7,9H,5,8H2,1-4H3,(H,18,19). The van der Waals surface area contributed by atoms with E-state index < -0.39 is 11.8 Å². The van der Waals surface area contributed by atoms with E-state index in [0.717, 1.165) is 18.8 Å². The van der Waals surface area contributed by atoms with Crippen LogP contribution >= 0.6 is 0 Å². The van der Waals surface area contributed by atoms with Gasteiger partial charge in [0.05, 0.1) is 6.20 Å². The number of carboxylic acids is 1. The number of aromatic carboxylic acids is 1. The number of hydrogen-bond donors (Lipinski definition) is 1. The fraction of sp³-hybridized carbons (Fsp3) is 0.538. The predicted octanol–water partition coefficient (Wildman–Crippen LogP) is 1.70. The van der Waals surface area contributed by atoms with Gasteiger partial charge in [0.1, 0.15) is 17.2 Å². The maximum Gasteiger partial charge on any atom is 0.339 e. The zero-order chi connectivity index (χ0) is 14.6. The molecule has 0 saturated heterocycles. The van der Waals surface area contributed by atoms with Crippen LogP contribution in [0.15, 0.2) is 12.3 Å². The molecule has 1 unspecified atom stereocenters. The van der Waals surface area contributed by atoms with E-state index in [1.807, 2.05) is 37.7 Å². The number of halogens is 1. The van der Waals surface area contributed by atoms with E-state index in [0.29, 0.717) is 12.4 Å². The van der Waals surface area contributed by atoms with Crippen LogP contribution in [0.1, 0.15) is 24.2 Å². The lowest BCUT2D eigenvalue weighted by atomic mass is 10.2. The summed E-state index contributed by atoms with van der Waals surface area (Å²) in [7, 11) is 3.89. The molecule has 0 aliphatic rings. The van der Waals surface area contributed by atoms with E-state index in [4.69, 9.17) is 5.11 Å². The van der Waals surface area contributed by atoms with Crippen LogP contribution in [0.25, 0.3) is 0 Å². The number of rotatable bonds is 6. The minimum atomic E-state index is -1.17. The van der Waals surface area contributed by atoms with Gasteiger partial charge in [0.15, 0.2) is 0 Å². The summed E-state index contributed by atoms with van der Waals surface area (Å²) in [5.41, 5.74) is -0.104. The van der Waals surface area contributed by atoms with E-state index >= 15 is 0 Å². The van der Waals surface area contributed by atoms with E-state index in [-0.39, 0.29) is 11.6 Å². The molecule has 0 bridgehead atoms. The zero-order valence-electron chi connectivity index (χ0n) is 11.7. The Bertz CT molecular complexity index is 452. The van der Waals surface area contributed by atoms with Gasteiger partial charge < -0.3 is 14.9 Å². The average Bonchev–Trinajstić information content (AvgIpc) is 2.30. The van der Waals surface area contributed by atoms with Crippen molar-refractivity contribution in [1.82, 2.24) is 9.88 Å². The first-order chi connectivity index (χ1) is 8.86. The molecule has 0 aromatic carbocycles. The summed E-state index contributed by atoms with van der Waals surface area (Å²) in [4.78, 5) is 19.0. The summed E-state index contributed by atoms with van der Waals surface area (Å²) >= 11 is 0. The highest BCUT2D eigenvalue weighted by Crippen LogP contribution is 2.21. The first kappa shape index (κ1) is 15.4. The second-order valence-corrected chi connectivity index (χ2v) is 4.73. The Labute approximate surface area is 112 Å². The molecule has 1 N–H and O–H groups in total. The Kier molecular flexibility index (Phi) is 5.23. The van der Waals surface area contributed by atoms with Crippen LogP contribution in [0, 0.1) is 5.82 Å². The molecule has 0 amide bonds. The second-order valence-electron chi connectivity index (χ2n) is 4.73. The van der Waals surface area contributed by atoms with Gasteiger partial charge in [-0.3, -0.25) is 0 Å². The molecule has 0 aliphatic heterocycles. The third-order valence-corrected chi connectivity index (χ3v) is 2.84. The van der Waals surface area contributed by atoms with Gasteiger partial charge in [-0.15, -0.1) is 0 Å². The zero-order valence-corrected chi connectivity index (χ0v) is 11.7. The molecular weight excluding hydrogens is 249 g/mol. The fourth-order valence-electron chi connectivity index (χ4n) is 2.12. The quantitative estimate of drug-likeness (QED) is 0.851. The van der Waals surface area contributed by atoms with Gasteiger partial charge >= 0.3 is 5.97 Å². The highest BCUT2D eigenvalue weighted by molar-refractivity contribution is 5.93. The molecule has 5 nitrogen and oxygen atoms in total. The molecule has 0 spiro atoms. The smallest absolute Gasteiger partial charge is 0.339 e. The molecule has 0 saturated carbocycles. The molecule has 6 heteroatoms. The van der Waals surface area contributed by atoms with Crippen molar-refractivity contribution >= 4 is 11.8 Å². The van der Waals surface area contributed by atoms with Crippen molar-refractivity contribution in [3.05, 3.63) is 23.6 Å². The van der Waals surface area contributed by atoms with Crippen LogP contribution in [0.5, 0.6) is 0 Å². The summed E-state index contributed by atoms with van der Waals surface area (Å²) in [5, 5.41) is 9.15. The van der Waals surface area contributed by atoms with Gasteiger partial charge in [-0.2, -0.15) is 0 Å². The van der Waals surface area contributed by atoms with Crippen LogP contribution in [0.3, 0.4) is 0 Å². The molecule has 1 rings (SSSR count). The molecule has 1 heterocycles. The van der Waals surface area contributed by atoms with Crippen molar-refractivity contribution in [3.63, 3.8) is 0 Å². The van der Waals surface area contributed by atoms with Crippen molar-refractivity contribution in [3.8, 4) is 0 Å². The van der Waals surface area contributed by atoms with E-state index in [2.05, 4.69) is 4.98 Å². The van der Waals surface area contributed by atoms with Crippen molar-refractivity contribution in [1.29, 1.82) is 0 Å². The minimum Gasteiger partial charge on any atom is -0.478 e. The molecule has 106 valence electrons. The summed E-state index contributed by atoms with van der Waals surface area (Å²) in [6, 6.07) is 1.09. The largest absolute Gasteiger partial charge is 0.478 e. The first-order valence-corrected chi connectivity index (χ1v) is 6.17. The number of likely N-dealkylation sites (N-methyl/N-ethyl adjacent to an activating group) is 2. The molecular formula is C13H20FN3O2. The van der Waals surface area contributed by atoms with Gasteiger partial charge in [0, 0.05) is 19.1 Å². The van der Waals surface area contributed by atoms with E-state index in [1.165, 1.54) is 0 Å². The first-order valence-electron chi connectivity index (χ1n) is 6.17. The maximum absolute atomic E-state index is 13.1. The van der Waals surface area contributed by atoms with Gasteiger partial charge in [-0.25, -0.2) is 14.2 Å². The van der Waals surface area contributed by atoms with Crippen LogP contribution < -0.4 is 4.90 Å². The lowest BCUT2D eigenvalue weighted by molar-refractivity contribution is 0.0696. The highest BCUT2D eigenvalue weighted by atomic mass is 19.1. The van der Waals surface area contributed by atoms with Gasteiger partial charge in [-0.1, -0.05) is 0 Å². The molecule has 0 radical (unpaired) electrons. The average molecular weight is 269 g/mol. The van der Waals surface area contributed by atoms with Gasteiger partial charge in [-0.05, 0) is 34.0 Å². The summed E-state index contributed by atoms with van der Waals surface area (Å²) in [5.74, 6) is -1.50. The van der Waals surface area contributed by atoms with Crippen LogP contribution in [-0.4, -0.2) is 54.2 Å². The normalized spacial score (nSPS) is 12.5. The number of carbonyl (C=O) groups is 1. The number of hydrogen-bond acceptors (Lipinski definition) is 4. The van der Waals surface area contributed by atoms with Crippen LogP contribution in [0.2, 0.25) is 0 Å². The summed E-state index contributed by atoms with van der Waals surface area (Å²) < 4.78 is 13.1. The Hall–Kier alpha value is -1.69. The lowest BCUT2D eigenvalue weighted by Gasteiger charge is -2.31. The minimum absolute atomic E-state index is 0.0797. The van der Waals surface area contributed by atoms with Gasteiger partial charge in [0.25, 0.3) is 0 Å². The highest BCUT2D eigenvalue weighted by Gasteiger charge is 2.21. The van der Waals surface area contributed by atoms with Crippen molar-refractivity contribution in [2.75, 3.05) is 32.1 Å². The third kappa shape index (κ3) is 3.89. The number of aromatic nitrogens is 1. The Balaban J connectivity index is 3.14. The topological polar surface area (TPSA) is 56.7 Å². The van der Waals surface area contributed by atoms with Crippen molar-refractivity contribution < 1.29 is 14.3 Å². The number of anilines is 1. The number of nitrogens with zero attached hydrogens (tertiary/aromatic N) is 3. The number of carboxylic acid groups (broad SMARTS) is 1. The molecule has 0 aliphatic carbocycles. The van der Waals surface area contributed by atoms with Crippen molar-refractivity contribution in [2.45, 2.75) is 19.9 Å². The monoisotopic (exact) mass is 269 g/mol. The number of pyridine rings is 1. The predicted molar refractivity (Wildman–Crippen MR) is 72.2 cm³/mol. The third-order valence-electron chi connectivity index (χ3n) is 2.84. The molecule has 0 fully saturated rings. The summed E-state index contributed by atoms with van der Waals surface area (Å²) in [6.07, 6.45) is 1.05. The molecule has 1 aromatic rings. The Morgan fingerprint density at radius 3 is 2.63 bits per heavy atom. The maximum atomic E-state index is 13.1. The van der Waals surface area contributed by atoms with E-state index in [1.54, 1.807) is 0 Å². The Morgan fingerprint density at radius 2 is 2.16 bits per heavy atom. The SMILES string of the molecule is CCN(c1ncc(F)cc1C(=O)O)C(C)CN(C)C. The van der Waals surface area contributed by atoms with Crippen LogP contribution in [0.4, 0.5) is 10.2 Å². The molecule has 1 aromatic heterocycles. The van der Waals surface area contributed by atoms with Gasteiger partial charge in [0.2, 0.25) is 0 Å². The van der Waals surface area contributed by atoms with Crippen LogP contribution in [-0.2, 0) is 0 Å². The molecule has 1 atom stereocenters. The summed E-state index contributed by atoms with van der Waals surface area (Å²) in [6.45, 7) is 5.27. The van der Waals surface area contributed by atoms with E-state index in [9.17, 15) is 9.18 Å².